The Labute approximate surface area is 148 Å². The highest BCUT2D eigenvalue weighted by atomic mass is 16.8. The molecule has 0 saturated carbocycles. The van der Waals surface area contributed by atoms with E-state index in [1.165, 1.54) is 0 Å². The molecular weight excluding hydrogens is 324 g/mol. The Balaban J connectivity index is 1.50. The molecule has 6 heteroatoms. The summed E-state index contributed by atoms with van der Waals surface area (Å²) in [4.78, 5) is 0. The van der Waals surface area contributed by atoms with Crippen molar-refractivity contribution in [3.05, 3.63) is 35.9 Å². The monoisotopic (exact) mass is 350 g/mol. The lowest BCUT2D eigenvalue weighted by Gasteiger charge is -2.29. The van der Waals surface area contributed by atoms with Crippen molar-refractivity contribution < 1.29 is 28.4 Å². The third-order valence-corrected chi connectivity index (χ3v) is 4.71. The van der Waals surface area contributed by atoms with E-state index >= 15 is 0 Å². The van der Waals surface area contributed by atoms with Gasteiger partial charge in [0.2, 0.25) is 0 Å². The Morgan fingerprint density at radius 3 is 2.40 bits per heavy atom. The molecule has 3 aliphatic heterocycles. The van der Waals surface area contributed by atoms with E-state index in [-0.39, 0.29) is 24.4 Å². The quantitative estimate of drug-likeness (QED) is 0.832. The smallest absolute Gasteiger partial charge is 0.190 e. The Kier molecular flexibility index (Phi) is 4.38. The van der Waals surface area contributed by atoms with E-state index in [0.717, 1.165) is 5.56 Å². The highest BCUT2D eigenvalue weighted by Gasteiger charge is 2.58. The van der Waals surface area contributed by atoms with Crippen molar-refractivity contribution in [2.24, 2.45) is 0 Å². The Bertz CT molecular complexity index is 601. The van der Waals surface area contributed by atoms with Crippen LogP contribution in [0.1, 0.15) is 33.3 Å². The van der Waals surface area contributed by atoms with E-state index in [1.54, 1.807) is 0 Å². The highest BCUT2D eigenvalue weighted by Crippen LogP contribution is 2.42. The molecule has 0 aromatic heterocycles. The van der Waals surface area contributed by atoms with Crippen LogP contribution in [0, 0.1) is 0 Å². The van der Waals surface area contributed by atoms with Gasteiger partial charge < -0.3 is 28.4 Å². The summed E-state index contributed by atoms with van der Waals surface area (Å²) >= 11 is 0. The van der Waals surface area contributed by atoms with Gasteiger partial charge in [-0.25, -0.2) is 0 Å². The zero-order valence-corrected chi connectivity index (χ0v) is 15.1. The van der Waals surface area contributed by atoms with Gasteiger partial charge in [-0.15, -0.1) is 0 Å². The van der Waals surface area contributed by atoms with Gasteiger partial charge in [0.15, 0.2) is 17.9 Å². The number of benzene rings is 1. The van der Waals surface area contributed by atoms with Gasteiger partial charge in [-0.3, -0.25) is 0 Å². The van der Waals surface area contributed by atoms with Crippen LogP contribution in [0.25, 0.3) is 0 Å². The molecule has 3 heterocycles. The van der Waals surface area contributed by atoms with Crippen LogP contribution >= 0.6 is 0 Å². The van der Waals surface area contributed by atoms with Gasteiger partial charge in [0.05, 0.1) is 13.2 Å². The third kappa shape index (κ3) is 3.60. The van der Waals surface area contributed by atoms with Crippen molar-refractivity contribution >= 4 is 0 Å². The van der Waals surface area contributed by atoms with E-state index in [4.69, 9.17) is 28.4 Å². The van der Waals surface area contributed by atoms with Crippen molar-refractivity contribution in [1.29, 1.82) is 0 Å². The molecule has 1 aromatic carbocycles. The van der Waals surface area contributed by atoms with Crippen LogP contribution in [0.5, 0.6) is 0 Å². The number of rotatable bonds is 4. The first-order chi connectivity index (χ1) is 11.8. The van der Waals surface area contributed by atoms with Crippen molar-refractivity contribution in [3.8, 4) is 0 Å². The molecule has 5 atom stereocenters. The first kappa shape index (κ1) is 17.4. The number of fused-ring (bicyclic) bond motifs is 1. The molecule has 0 amide bonds. The summed E-state index contributed by atoms with van der Waals surface area (Å²) in [6.07, 6.45) is -1.52. The fourth-order valence-electron chi connectivity index (χ4n) is 3.64. The largest absolute Gasteiger partial charge is 0.368 e. The van der Waals surface area contributed by atoms with Gasteiger partial charge in [0.1, 0.15) is 24.4 Å². The minimum absolute atomic E-state index is 0.211. The van der Waals surface area contributed by atoms with E-state index < -0.39 is 17.9 Å². The molecule has 2 unspecified atom stereocenters. The van der Waals surface area contributed by atoms with Crippen LogP contribution in [-0.4, -0.2) is 48.9 Å². The molecule has 0 spiro atoms. The van der Waals surface area contributed by atoms with Crippen LogP contribution in [0.15, 0.2) is 30.3 Å². The molecule has 0 bridgehead atoms. The normalized spacial score (nSPS) is 38.8. The molecule has 3 fully saturated rings. The second kappa shape index (κ2) is 6.30. The van der Waals surface area contributed by atoms with E-state index in [1.807, 2.05) is 58.0 Å². The Hall–Kier alpha value is -1.02. The maximum Gasteiger partial charge on any atom is 0.190 e. The number of hydrogen-bond acceptors (Lipinski definition) is 6. The van der Waals surface area contributed by atoms with Crippen molar-refractivity contribution in [1.82, 2.24) is 0 Å². The number of hydrogen-bond donors (Lipinski definition) is 0. The van der Waals surface area contributed by atoms with Crippen LogP contribution in [0.2, 0.25) is 0 Å². The second-order valence-corrected chi connectivity index (χ2v) is 7.70. The zero-order valence-electron chi connectivity index (χ0n) is 15.1. The fraction of sp³-hybridized carbons (Fsp3) is 0.684. The molecule has 138 valence electrons. The van der Waals surface area contributed by atoms with Gasteiger partial charge >= 0.3 is 0 Å². The molecule has 0 N–H and O–H groups in total. The van der Waals surface area contributed by atoms with Gasteiger partial charge in [0.25, 0.3) is 0 Å². The van der Waals surface area contributed by atoms with Gasteiger partial charge in [-0.05, 0) is 33.3 Å². The lowest BCUT2D eigenvalue weighted by Crippen LogP contribution is -2.44. The molecule has 1 aromatic rings. The summed E-state index contributed by atoms with van der Waals surface area (Å²) in [5, 5.41) is 0. The van der Waals surface area contributed by atoms with Crippen LogP contribution in [-0.2, 0) is 35.0 Å². The molecule has 0 radical (unpaired) electrons. The molecule has 25 heavy (non-hydrogen) atoms. The molecule has 3 aliphatic rings. The topological polar surface area (TPSA) is 55.4 Å². The van der Waals surface area contributed by atoms with Gasteiger partial charge in [0, 0.05) is 0 Å². The van der Waals surface area contributed by atoms with Gasteiger partial charge in [-0.2, -0.15) is 0 Å². The summed E-state index contributed by atoms with van der Waals surface area (Å²) < 4.78 is 36.0. The Morgan fingerprint density at radius 2 is 1.72 bits per heavy atom. The number of ether oxygens (including phenoxy) is 6. The Morgan fingerprint density at radius 1 is 0.960 bits per heavy atom. The van der Waals surface area contributed by atoms with Crippen LogP contribution < -0.4 is 0 Å². The molecule has 6 nitrogen and oxygen atoms in total. The summed E-state index contributed by atoms with van der Waals surface area (Å²) in [6.45, 7) is 8.52. The SMILES string of the molecule is CC1(C)OCC([C@H]2O[C@H]3OC(C)(C)OC3[C@H]2OCc2ccccc2)O1. The average Bonchev–Trinajstić information content (AvgIpc) is 3.15. The first-order valence-electron chi connectivity index (χ1n) is 8.81. The minimum atomic E-state index is -0.680. The summed E-state index contributed by atoms with van der Waals surface area (Å²) in [7, 11) is 0. The van der Waals surface area contributed by atoms with Crippen LogP contribution in [0.4, 0.5) is 0 Å². The summed E-state index contributed by atoms with van der Waals surface area (Å²) in [5.74, 6) is -1.29. The van der Waals surface area contributed by atoms with Gasteiger partial charge in [-0.1, -0.05) is 30.3 Å². The maximum atomic E-state index is 6.22. The predicted octanol–water partition coefficient (Wildman–Crippen LogP) is 2.60. The molecule has 4 rings (SSSR count). The molecular formula is C19H26O6. The van der Waals surface area contributed by atoms with E-state index in [9.17, 15) is 0 Å². The lowest BCUT2D eigenvalue weighted by molar-refractivity contribution is -0.236. The lowest BCUT2D eigenvalue weighted by atomic mass is 10.1. The summed E-state index contributed by atoms with van der Waals surface area (Å²) in [6, 6.07) is 10.1. The third-order valence-electron chi connectivity index (χ3n) is 4.71. The molecule has 3 saturated heterocycles. The highest BCUT2D eigenvalue weighted by molar-refractivity contribution is 5.13. The average molecular weight is 350 g/mol. The minimum Gasteiger partial charge on any atom is -0.368 e. The van der Waals surface area contributed by atoms with E-state index in [0.29, 0.717) is 13.2 Å². The van der Waals surface area contributed by atoms with Crippen molar-refractivity contribution in [2.45, 2.75) is 76.6 Å². The first-order valence-corrected chi connectivity index (χ1v) is 8.81. The summed E-state index contributed by atoms with van der Waals surface area (Å²) in [5.41, 5.74) is 1.10. The predicted molar refractivity (Wildman–Crippen MR) is 88.6 cm³/mol. The fourth-order valence-corrected chi connectivity index (χ4v) is 3.64. The maximum absolute atomic E-state index is 6.22. The van der Waals surface area contributed by atoms with Crippen molar-refractivity contribution in [2.75, 3.05) is 6.61 Å². The van der Waals surface area contributed by atoms with Crippen LogP contribution in [0.3, 0.4) is 0 Å². The van der Waals surface area contributed by atoms with E-state index in [2.05, 4.69) is 0 Å². The zero-order chi connectivity index (χ0) is 17.7. The second-order valence-electron chi connectivity index (χ2n) is 7.70. The molecule has 0 aliphatic carbocycles. The van der Waals surface area contributed by atoms with Crippen molar-refractivity contribution in [3.63, 3.8) is 0 Å². The standard InChI is InChI=1S/C19H26O6/c1-18(2)21-11-13(23-18)14-15(20-10-12-8-6-5-7-9-12)16-17(22-14)25-19(3,4)24-16/h5-9,13-17H,10-11H2,1-4H3/t13?,14-,15+,16?,17+/m1/s1.